The highest BCUT2D eigenvalue weighted by molar-refractivity contribution is 5.95. The van der Waals surface area contributed by atoms with Gasteiger partial charge in [-0.2, -0.15) is 0 Å². The third-order valence-corrected chi connectivity index (χ3v) is 3.60. The Balaban J connectivity index is 1.99. The molecule has 0 bridgehead atoms. The lowest BCUT2D eigenvalue weighted by Gasteiger charge is -2.26. The van der Waals surface area contributed by atoms with E-state index in [4.69, 9.17) is 5.11 Å². The summed E-state index contributed by atoms with van der Waals surface area (Å²) in [6.07, 6.45) is 5.24. The van der Waals surface area contributed by atoms with Gasteiger partial charge < -0.3 is 15.5 Å². The third-order valence-electron chi connectivity index (χ3n) is 3.60. The molecule has 1 aromatic carbocycles. The van der Waals surface area contributed by atoms with Crippen LogP contribution in [0.3, 0.4) is 0 Å². The molecule has 0 radical (unpaired) electrons. The average molecular weight is 289 g/mol. The van der Waals surface area contributed by atoms with E-state index in [1.54, 1.807) is 24.3 Å². The van der Waals surface area contributed by atoms with Gasteiger partial charge in [0, 0.05) is 17.7 Å². The number of carboxylic acid groups (broad SMARTS) is 1. The summed E-state index contributed by atoms with van der Waals surface area (Å²) in [5.74, 6) is -1.19. The van der Waals surface area contributed by atoms with E-state index in [0.717, 1.165) is 18.9 Å². The summed E-state index contributed by atoms with van der Waals surface area (Å²) >= 11 is 0. The number of nitrogens with one attached hydrogen (secondary N) is 1. The highest BCUT2D eigenvalue weighted by atomic mass is 16.4. The first-order valence-electron chi connectivity index (χ1n) is 7.04. The van der Waals surface area contributed by atoms with Gasteiger partial charge in [-0.15, -0.1) is 0 Å². The Kier molecular flexibility index (Phi) is 5.11. The Labute approximate surface area is 123 Å². The molecule has 112 valence electrons. The summed E-state index contributed by atoms with van der Waals surface area (Å²) in [7, 11) is 0. The van der Waals surface area contributed by atoms with Crippen molar-refractivity contribution in [1.29, 1.82) is 0 Å². The minimum Gasteiger partial charge on any atom is -0.478 e. The van der Waals surface area contributed by atoms with Crippen LogP contribution in [-0.4, -0.2) is 34.2 Å². The summed E-state index contributed by atoms with van der Waals surface area (Å²) in [6, 6.07) is 6.92. The quantitative estimate of drug-likeness (QED) is 0.738. The van der Waals surface area contributed by atoms with Crippen molar-refractivity contribution in [2.45, 2.75) is 37.8 Å². The lowest BCUT2D eigenvalue weighted by Crippen LogP contribution is -2.38. The van der Waals surface area contributed by atoms with E-state index in [-0.39, 0.29) is 18.1 Å². The number of aliphatic carboxylic acids is 1. The fourth-order valence-corrected chi connectivity index (χ4v) is 2.44. The Morgan fingerprint density at radius 1 is 1.19 bits per heavy atom. The Bertz CT molecular complexity index is 545. The fraction of sp³-hybridized carbons (Fsp3) is 0.375. The van der Waals surface area contributed by atoms with Crippen molar-refractivity contribution in [3.05, 3.63) is 41.5 Å². The van der Waals surface area contributed by atoms with Crippen molar-refractivity contribution in [3.63, 3.8) is 0 Å². The van der Waals surface area contributed by atoms with Crippen LogP contribution in [0.5, 0.6) is 0 Å². The van der Waals surface area contributed by atoms with Crippen molar-refractivity contribution in [3.8, 4) is 0 Å². The number of carboxylic acids is 1. The van der Waals surface area contributed by atoms with Crippen LogP contribution in [-0.2, 0) is 4.79 Å². The molecule has 21 heavy (non-hydrogen) atoms. The van der Waals surface area contributed by atoms with E-state index in [2.05, 4.69) is 5.32 Å². The summed E-state index contributed by atoms with van der Waals surface area (Å²) in [6.45, 7) is 0. The highest BCUT2D eigenvalue weighted by Gasteiger charge is 2.21. The number of benzene rings is 1. The van der Waals surface area contributed by atoms with Crippen LogP contribution in [0.4, 0.5) is 0 Å². The molecule has 0 aromatic heterocycles. The summed E-state index contributed by atoms with van der Waals surface area (Å²) in [5, 5.41) is 21.0. The van der Waals surface area contributed by atoms with Gasteiger partial charge in [-0.05, 0) is 49.5 Å². The standard InChI is InChI=1S/C16H19NO4/c18-14-7-5-13(6-8-14)17-16(21)12-3-1-2-11(10-12)4-9-15(19)20/h1-4,9-10,13-14,18H,5-8H2,(H,17,21)(H,19,20)/b9-4+. The van der Waals surface area contributed by atoms with Gasteiger partial charge in [-0.3, -0.25) is 4.79 Å². The summed E-state index contributed by atoms with van der Waals surface area (Å²) in [4.78, 5) is 22.7. The predicted octanol–water partition coefficient (Wildman–Crippen LogP) is 1.82. The molecule has 1 fully saturated rings. The number of rotatable bonds is 4. The summed E-state index contributed by atoms with van der Waals surface area (Å²) in [5.41, 5.74) is 1.18. The zero-order valence-corrected chi connectivity index (χ0v) is 11.7. The molecule has 0 saturated heterocycles. The normalized spacial score (nSPS) is 22.1. The molecule has 1 saturated carbocycles. The topological polar surface area (TPSA) is 86.6 Å². The Morgan fingerprint density at radius 3 is 2.57 bits per heavy atom. The van der Waals surface area contributed by atoms with Gasteiger partial charge in [-0.25, -0.2) is 4.79 Å². The van der Waals surface area contributed by atoms with E-state index in [0.29, 0.717) is 24.0 Å². The number of hydrogen-bond acceptors (Lipinski definition) is 3. The van der Waals surface area contributed by atoms with E-state index in [9.17, 15) is 14.7 Å². The number of carbonyl (C=O) groups is 2. The highest BCUT2D eigenvalue weighted by Crippen LogP contribution is 2.19. The number of aliphatic hydroxyl groups is 1. The molecular weight excluding hydrogens is 270 g/mol. The van der Waals surface area contributed by atoms with Crippen molar-refractivity contribution >= 4 is 18.0 Å². The number of carbonyl (C=O) groups excluding carboxylic acids is 1. The van der Waals surface area contributed by atoms with Crippen LogP contribution in [0.15, 0.2) is 30.3 Å². The zero-order valence-electron chi connectivity index (χ0n) is 11.7. The van der Waals surface area contributed by atoms with E-state index >= 15 is 0 Å². The fourth-order valence-electron chi connectivity index (χ4n) is 2.44. The molecule has 1 amide bonds. The van der Waals surface area contributed by atoms with Gasteiger partial charge >= 0.3 is 5.97 Å². The lowest BCUT2D eigenvalue weighted by atomic mass is 9.93. The number of aliphatic hydroxyl groups excluding tert-OH is 1. The Morgan fingerprint density at radius 2 is 1.90 bits per heavy atom. The van der Waals surface area contributed by atoms with Crippen molar-refractivity contribution < 1.29 is 19.8 Å². The van der Waals surface area contributed by atoms with Crippen LogP contribution in [0.2, 0.25) is 0 Å². The molecule has 1 aliphatic carbocycles. The van der Waals surface area contributed by atoms with Crippen molar-refractivity contribution in [1.82, 2.24) is 5.32 Å². The van der Waals surface area contributed by atoms with Gasteiger partial charge in [-0.1, -0.05) is 12.1 Å². The molecule has 0 unspecified atom stereocenters. The monoisotopic (exact) mass is 289 g/mol. The first-order chi connectivity index (χ1) is 10.0. The molecule has 0 spiro atoms. The van der Waals surface area contributed by atoms with E-state index in [1.807, 2.05) is 0 Å². The molecule has 2 rings (SSSR count). The molecule has 5 heteroatoms. The molecular formula is C16H19NO4. The molecule has 5 nitrogen and oxygen atoms in total. The first-order valence-corrected chi connectivity index (χ1v) is 7.04. The molecule has 0 heterocycles. The second-order valence-electron chi connectivity index (χ2n) is 5.28. The van der Waals surface area contributed by atoms with Crippen molar-refractivity contribution in [2.75, 3.05) is 0 Å². The molecule has 0 atom stereocenters. The smallest absolute Gasteiger partial charge is 0.328 e. The molecule has 0 aliphatic heterocycles. The zero-order chi connectivity index (χ0) is 15.2. The molecule has 1 aromatic rings. The largest absolute Gasteiger partial charge is 0.478 e. The second-order valence-corrected chi connectivity index (χ2v) is 5.28. The van der Waals surface area contributed by atoms with E-state index in [1.165, 1.54) is 6.08 Å². The average Bonchev–Trinajstić information content (AvgIpc) is 2.48. The third kappa shape index (κ3) is 4.72. The molecule has 1 aliphatic rings. The van der Waals surface area contributed by atoms with Crippen LogP contribution in [0.25, 0.3) is 6.08 Å². The lowest BCUT2D eigenvalue weighted by molar-refractivity contribution is -0.131. The van der Waals surface area contributed by atoms with E-state index < -0.39 is 5.97 Å². The van der Waals surface area contributed by atoms with Crippen LogP contribution in [0, 0.1) is 0 Å². The minimum atomic E-state index is -1.02. The number of amides is 1. The van der Waals surface area contributed by atoms with Gasteiger partial charge in [0.1, 0.15) is 0 Å². The van der Waals surface area contributed by atoms with Gasteiger partial charge in [0.05, 0.1) is 6.10 Å². The molecule has 3 N–H and O–H groups in total. The maximum absolute atomic E-state index is 12.2. The maximum Gasteiger partial charge on any atom is 0.328 e. The SMILES string of the molecule is O=C(O)/C=C/c1cccc(C(=O)NC2CCC(O)CC2)c1. The first kappa shape index (κ1) is 15.3. The van der Waals surface area contributed by atoms with Crippen LogP contribution < -0.4 is 5.32 Å². The summed E-state index contributed by atoms with van der Waals surface area (Å²) < 4.78 is 0. The number of hydrogen-bond donors (Lipinski definition) is 3. The maximum atomic E-state index is 12.2. The predicted molar refractivity (Wildman–Crippen MR) is 78.8 cm³/mol. The van der Waals surface area contributed by atoms with Crippen LogP contribution in [0.1, 0.15) is 41.6 Å². The minimum absolute atomic E-state index is 0.0964. The van der Waals surface area contributed by atoms with Gasteiger partial charge in [0.25, 0.3) is 5.91 Å². The van der Waals surface area contributed by atoms with Crippen molar-refractivity contribution in [2.24, 2.45) is 0 Å². The van der Waals surface area contributed by atoms with Gasteiger partial charge in [0.15, 0.2) is 0 Å². The Hall–Kier alpha value is -2.14. The van der Waals surface area contributed by atoms with Crippen LogP contribution >= 0.6 is 0 Å². The second kappa shape index (κ2) is 7.04. The van der Waals surface area contributed by atoms with Gasteiger partial charge in [0.2, 0.25) is 0 Å².